The second kappa shape index (κ2) is 6.42. The van der Waals surface area contributed by atoms with E-state index < -0.39 is 0 Å². The summed E-state index contributed by atoms with van der Waals surface area (Å²) in [5.74, 6) is -0.161. The van der Waals surface area contributed by atoms with Crippen molar-refractivity contribution >= 4 is 17.5 Å². The lowest BCUT2D eigenvalue weighted by molar-refractivity contribution is -0.116. The minimum absolute atomic E-state index is 0.121. The Labute approximate surface area is 107 Å². The summed E-state index contributed by atoms with van der Waals surface area (Å²) in [5, 5.41) is 3.50. The summed E-state index contributed by atoms with van der Waals surface area (Å²) < 4.78 is 0. The second-order valence-corrected chi connectivity index (χ2v) is 4.42. The zero-order chi connectivity index (χ0) is 12.8. The van der Waals surface area contributed by atoms with Gasteiger partial charge in [-0.25, -0.2) is 0 Å². The zero-order valence-corrected chi connectivity index (χ0v) is 10.9. The van der Waals surface area contributed by atoms with E-state index in [-0.39, 0.29) is 11.9 Å². The van der Waals surface area contributed by atoms with Crippen LogP contribution in [0.1, 0.15) is 11.6 Å². The Hall–Kier alpha value is -1.32. The van der Waals surface area contributed by atoms with Crippen LogP contribution in [0.4, 0.5) is 0 Å². The van der Waals surface area contributed by atoms with Crippen molar-refractivity contribution in [1.29, 1.82) is 0 Å². The van der Waals surface area contributed by atoms with Crippen molar-refractivity contribution in [3.63, 3.8) is 0 Å². The number of hydrogen-bond acceptors (Lipinski definition) is 2. The van der Waals surface area contributed by atoms with Crippen LogP contribution in [-0.2, 0) is 4.79 Å². The van der Waals surface area contributed by atoms with Crippen LogP contribution in [-0.4, -0.2) is 31.4 Å². The molecule has 17 heavy (non-hydrogen) atoms. The van der Waals surface area contributed by atoms with Crippen LogP contribution in [0.5, 0.6) is 0 Å². The maximum Gasteiger partial charge on any atom is 0.243 e. The number of likely N-dealkylation sites (N-methyl/N-ethyl adjacent to an activating group) is 1. The molecule has 0 bridgehead atoms. The molecule has 1 unspecified atom stereocenters. The first-order chi connectivity index (χ1) is 8.04. The quantitative estimate of drug-likeness (QED) is 0.816. The first-order valence-electron chi connectivity index (χ1n) is 5.36. The van der Waals surface area contributed by atoms with E-state index in [1.807, 2.05) is 43.3 Å². The van der Waals surface area contributed by atoms with E-state index in [0.29, 0.717) is 11.6 Å². The second-order valence-electron chi connectivity index (χ2n) is 3.98. The Morgan fingerprint density at radius 3 is 2.53 bits per heavy atom. The maximum absolute atomic E-state index is 11.2. The van der Waals surface area contributed by atoms with Crippen molar-refractivity contribution in [1.82, 2.24) is 10.2 Å². The van der Waals surface area contributed by atoms with Gasteiger partial charge in [-0.15, -0.1) is 0 Å². The van der Waals surface area contributed by atoms with Gasteiger partial charge in [0.1, 0.15) is 0 Å². The molecule has 1 aromatic carbocycles. The molecule has 0 saturated heterocycles. The van der Waals surface area contributed by atoms with Crippen LogP contribution in [0.3, 0.4) is 0 Å². The van der Waals surface area contributed by atoms with Gasteiger partial charge >= 0.3 is 0 Å². The fourth-order valence-electron chi connectivity index (χ4n) is 1.55. The SMILES string of the molecule is C=CC(=O)NCC(c1ccc(Cl)cc1)N(C)C. The van der Waals surface area contributed by atoms with Crippen molar-refractivity contribution in [2.75, 3.05) is 20.6 Å². The lowest BCUT2D eigenvalue weighted by Gasteiger charge is -2.24. The predicted octanol–water partition coefficient (Wildman–Crippen LogP) is 2.24. The van der Waals surface area contributed by atoms with Crippen molar-refractivity contribution in [2.24, 2.45) is 0 Å². The van der Waals surface area contributed by atoms with Gasteiger partial charge in [0, 0.05) is 11.6 Å². The Balaban J connectivity index is 2.75. The van der Waals surface area contributed by atoms with E-state index in [9.17, 15) is 4.79 Å². The normalized spacial score (nSPS) is 12.2. The van der Waals surface area contributed by atoms with Gasteiger partial charge < -0.3 is 10.2 Å². The number of nitrogens with zero attached hydrogens (tertiary/aromatic N) is 1. The molecule has 0 heterocycles. The lowest BCUT2D eigenvalue weighted by Crippen LogP contribution is -2.33. The van der Waals surface area contributed by atoms with Crippen LogP contribution < -0.4 is 5.32 Å². The Kier molecular flexibility index (Phi) is 5.19. The molecule has 0 aliphatic rings. The summed E-state index contributed by atoms with van der Waals surface area (Å²) in [6.45, 7) is 3.97. The number of nitrogens with one attached hydrogen (secondary N) is 1. The van der Waals surface area contributed by atoms with E-state index in [1.54, 1.807) is 0 Å². The highest BCUT2D eigenvalue weighted by molar-refractivity contribution is 6.30. The molecule has 0 aliphatic carbocycles. The molecule has 1 N–H and O–H groups in total. The van der Waals surface area contributed by atoms with E-state index in [0.717, 1.165) is 5.56 Å². The van der Waals surface area contributed by atoms with E-state index >= 15 is 0 Å². The van der Waals surface area contributed by atoms with Crippen molar-refractivity contribution in [3.05, 3.63) is 47.5 Å². The Bertz CT molecular complexity index is 387. The van der Waals surface area contributed by atoms with Crippen molar-refractivity contribution in [3.8, 4) is 0 Å². The van der Waals surface area contributed by atoms with Gasteiger partial charge in [0.15, 0.2) is 0 Å². The topological polar surface area (TPSA) is 32.3 Å². The Morgan fingerprint density at radius 2 is 2.06 bits per heavy atom. The highest BCUT2D eigenvalue weighted by Gasteiger charge is 2.14. The van der Waals surface area contributed by atoms with Crippen LogP contribution in [0.15, 0.2) is 36.9 Å². The predicted molar refractivity (Wildman–Crippen MR) is 71.1 cm³/mol. The van der Waals surface area contributed by atoms with E-state index in [4.69, 9.17) is 11.6 Å². The molecule has 1 amide bonds. The third-order valence-corrected chi connectivity index (χ3v) is 2.79. The van der Waals surface area contributed by atoms with Gasteiger partial charge in [-0.1, -0.05) is 30.3 Å². The molecule has 1 aromatic rings. The molecule has 3 nitrogen and oxygen atoms in total. The number of rotatable bonds is 5. The smallest absolute Gasteiger partial charge is 0.243 e. The van der Waals surface area contributed by atoms with E-state index in [2.05, 4.69) is 11.9 Å². The first-order valence-corrected chi connectivity index (χ1v) is 5.74. The molecule has 0 aromatic heterocycles. The highest BCUT2D eigenvalue weighted by atomic mass is 35.5. The lowest BCUT2D eigenvalue weighted by atomic mass is 10.1. The zero-order valence-electron chi connectivity index (χ0n) is 10.1. The van der Waals surface area contributed by atoms with Gasteiger partial charge in [-0.05, 0) is 37.9 Å². The average Bonchev–Trinajstić information content (AvgIpc) is 2.31. The molecule has 0 spiro atoms. The van der Waals surface area contributed by atoms with Crippen molar-refractivity contribution in [2.45, 2.75) is 6.04 Å². The van der Waals surface area contributed by atoms with Crippen molar-refractivity contribution < 1.29 is 4.79 Å². The molecule has 1 atom stereocenters. The average molecular weight is 253 g/mol. The summed E-state index contributed by atoms with van der Waals surface area (Å²) in [6, 6.07) is 7.75. The monoisotopic (exact) mass is 252 g/mol. The number of carbonyl (C=O) groups excluding carboxylic acids is 1. The van der Waals surface area contributed by atoms with Gasteiger partial charge in [0.05, 0.1) is 6.04 Å². The van der Waals surface area contributed by atoms with Gasteiger partial charge in [0.25, 0.3) is 0 Å². The third kappa shape index (κ3) is 4.21. The fraction of sp³-hybridized carbons (Fsp3) is 0.308. The minimum atomic E-state index is -0.161. The van der Waals surface area contributed by atoms with Crippen LogP contribution >= 0.6 is 11.6 Å². The van der Waals surface area contributed by atoms with E-state index in [1.165, 1.54) is 6.08 Å². The molecule has 1 rings (SSSR count). The first kappa shape index (κ1) is 13.7. The number of halogens is 1. The van der Waals surface area contributed by atoms with Gasteiger partial charge in [0.2, 0.25) is 5.91 Å². The molecular weight excluding hydrogens is 236 g/mol. The summed E-state index contributed by atoms with van der Waals surface area (Å²) in [7, 11) is 3.94. The Morgan fingerprint density at radius 1 is 1.47 bits per heavy atom. The summed E-state index contributed by atoms with van der Waals surface area (Å²) in [6.07, 6.45) is 1.27. The molecule has 92 valence electrons. The largest absolute Gasteiger partial charge is 0.351 e. The number of amides is 1. The fourth-order valence-corrected chi connectivity index (χ4v) is 1.68. The van der Waals surface area contributed by atoms with Crippen LogP contribution in [0.25, 0.3) is 0 Å². The summed E-state index contributed by atoms with van der Waals surface area (Å²) in [4.78, 5) is 13.2. The molecule has 0 fully saturated rings. The summed E-state index contributed by atoms with van der Waals surface area (Å²) >= 11 is 5.85. The summed E-state index contributed by atoms with van der Waals surface area (Å²) in [5.41, 5.74) is 1.11. The maximum atomic E-state index is 11.2. The standard InChI is InChI=1S/C13H17ClN2O/c1-4-13(17)15-9-12(16(2)3)10-5-7-11(14)8-6-10/h4-8,12H,1,9H2,2-3H3,(H,15,17). The minimum Gasteiger partial charge on any atom is -0.351 e. The molecule has 0 saturated carbocycles. The van der Waals surface area contributed by atoms with Gasteiger partial charge in [-0.3, -0.25) is 4.79 Å². The number of hydrogen-bond donors (Lipinski definition) is 1. The number of carbonyl (C=O) groups is 1. The third-order valence-electron chi connectivity index (χ3n) is 2.53. The van der Waals surface area contributed by atoms with Crippen LogP contribution in [0, 0.1) is 0 Å². The highest BCUT2D eigenvalue weighted by Crippen LogP contribution is 2.19. The van der Waals surface area contributed by atoms with Gasteiger partial charge in [-0.2, -0.15) is 0 Å². The molecular formula is C13H17ClN2O. The molecule has 0 aliphatic heterocycles. The molecule has 4 heteroatoms. The van der Waals surface area contributed by atoms with Crippen LogP contribution in [0.2, 0.25) is 5.02 Å². The molecule has 0 radical (unpaired) electrons. The number of benzene rings is 1.